The minimum atomic E-state index is -0.550. The Kier molecular flexibility index (Phi) is 4.07. The smallest absolute Gasteiger partial charge is 0.255 e. The highest BCUT2D eigenvalue weighted by Gasteiger charge is 2.48. The van der Waals surface area contributed by atoms with Gasteiger partial charge in [0.25, 0.3) is 5.91 Å². The SMILES string of the molecule is CC1N(Cc2ccc3c(c2)C(=O)N(C2CCC(=O)NC2=O)C3)CCC12CNC2. The molecule has 4 aliphatic rings. The van der Waals surface area contributed by atoms with Crippen LogP contribution in [0.25, 0.3) is 0 Å². The Labute approximate surface area is 164 Å². The molecule has 2 unspecified atom stereocenters. The summed E-state index contributed by atoms with van der Waals surface area (Å²) in [6.45, 7) is 6.91. The van der Waals surface area contributed by atoms with Gasteiger partial charge in [-0.25, -0.2) is 0 Å². The van der Waals surface area contributed by atoms with Gasteiger partial charge in [-0.15, -0.1) is 0 Å². The topological polar surface area (TPSA) is 81.8 Å². The lowest BCUT2D eigenvalue weighted by Crippen LogP contribution is -2.58. The molecule has 3 amide bonds. The van der Waals surface area contributed by atoms with Crippen molar-refractivity contribution in [1.29, 1.82) is 0 Å². The zero-order chi connectivity index (χ0) is 19.5. The van der Waals surface area contributed by atoms with Crippen LogP contribution in [0.2, 0.25) is 0 Å². The standard InChI is InChI=1S/C21H26N4O3/c1-13-21(11-22-12-21)6-7-24(13)9-14-2-3-15-10-25(20(28)16(15)8-14)17-4-5-18(26)23-19(17)27/h2-3,8,13,17,22H,4-7,9-12H2,1H3,(H,23,26,27). The molecule has 1 spiro atoms. The van der Waals surface area contributed by atoms with Crippen molar-refractivity contribution in [3.05, 3.63) is 34.9 Å². The fourth-order valence-corrected chi connectivity index (χ4v) is 5.23. The zero-order valence-corrected chi connectivity index (χ0v) is 16.2. The number of carbonyl (C=O) groups excluding carboxylic acids is 3. The maximum Gasteiger partial charge on any atom is 0.255 e. The molecule has 3 fully saturated rings. The first-order valence-electron chi connectivity index (χ1n) is 10.2. The number of likely N-dealkylation sites (tertiary alicyclic amines) is 1. The van der Waals surface area contributed by atoms with Gasteiger partial charge in [0, 0.05) is 49.6 Å². The predicted octanol–water partition coefficient (Wildman–Crippen LogP) is 0.631. The van der Waals surface area contributed by atoms with Crippen LogP contribution in [-0.2, 0) is 22.7 Å². The number of benzene rings is 1. The number of carbonyl (C=O) groups is 3. The molecule has 4 heterocycles. The van der Waals surface area contributed by atoms with E-state index in [2.05, 4.69) is 28.5 Å². The maximum absolute atomic E-state index is 13.0. The van der Waals surface area contributed by atoms with Crippen LogP contribution in [0.3, 0.4) is 0 Å². The van der Waals surface area contributed by atoms with E-state index in [1.54, 1.807) is 4.90 Å². The van der Waals surface area contributed by atoms with Crippen LogP contribution in [0.4, 0.5) is 0 Å². The van der Waals surface area contributed by atoms with Gasteiger partial charge in [-0.05, 0) is 43.5 Å². The molecule has 0 radical (unpaired) electrons. The van der Waals surface area contributed by atoms with Gasteiger partial charge in [-0.2, -0.15) is 0 Å². The summed E-state index contributed by atoms with van der Waals surface area (Å²) in [6, 6.07) is 6.12. The van der Waals surface area contributed by atoms with Crippen LogP contribution in [-0.4, -0.2) is 59.2 Å². The van der Waals surface area contributed by atoms with E-state index in [4.69, 9.17) is 0 Å². The number of nitrogens with one attached hydrogen (secondary N) is 2. The quantitative estimate of drug-likeness (QED) is 0.750. The molecular weight excluding hydrogens is 356 g/mol. The molecule has 3 saturated heterocycles. The molecule has 148 valence electrons. The molecule has 0 aliphatic carbocycles. The number of hydrogen-bond acceptors (Lipinski definition) is 5. The first-order valence-corrected chi connectivity index (χ1v) is 10.2. The molecule has 5 rings (SSSR count). The number of rotatable bonds is 3. The number of amides is 3. The lowest BCUT2D eigenvalue weighted by atomic mass is 9.75. The summed E-state index contributed by atoms with van der Waals surface area (Å²) in [7, 11) is 0. The van der Waals surface area contributed by atoms with Crippen LogP contribution in [0.1, 0.15) is 47.7 Å². The van der Waals surface area contributed by atoms with Crippen molar-refractivity contribution in [2.45, 2.75) is 51.4 Å². The monoisotopic (exact) mass is 382 g/mol. The van der Waals surface area contributed by atoms with Gasteiger partial charge in [0.05, 0.1) is 0 Å². The molecule has 2 atom stereocenters. The Morgan fingerprint density at radius 2 is 2.04 bits per heavy atom. The van der Waals surface area contributed by atoms with E-state index in [9.17, 15) is 14.4 Å². The second-order valence-corrected chi connectivity index (χ2v) is 8.75. The first kappa shape index (κ1) is 17.8. The molecule has 7 nitrogen and oxygen atoms in total. The minimum absolute atomic E-state index is 0.0968. The molecule has 0 bridgehead atoms. The van der Waals surface area contributed by atoms with E-state index < -0.39 is 6.04 Å². The van der Waals surface area contributed by atoms with Crippen LogP contribution in [0, 0.1) is 5.41 Å². The Morgan fingerprint density at radius 3 is 2.71 bits per heavy atom. The molecule has 1 aromatic rings. The van der Waals surface area contributed by atoms with E-state index in [1.807, 2.05) is 12.1 Å². The van der Waals surface area contributed by atoms with Crippen LogP contribution >= 0.6 is 0 Å². The highest BCUT2D eigenvalue weighted by Crippen LogP contribution is 2.40. The number of imide groups is 1. The van der Waals surface area contributed by atoms with Gasteiger partial charge >= 0.3 is 0 Å². The first-order chi connectivity index (χ1) is 13.5. The van der Waals surface area contributed by atoms with Crippen molar-refractivity contribution in [1.82, 2.24) is 20.4 Å². The third-order valence-corrected chi connectivity index (χ3v) is 7.26. The summed E-state index contributed by atoms with van der Waals surface area (Å²) in [4.78, 5) is 40.7. The van der Waals surface area contributed by atoms with Crippen LogP contribution < -0.4 is 10.6 Å². The Bertz CT molecular complexity index is 863. The van der Waals surface area contributed by atoms with Gasteiger partial charge in [0.15, 0.2) is 0 Å². The summed E-state index contributed by atoms with van der Waals surface area (Å²) in [5, 5.41) is 5.76. The van der Waals surface area contributed by atoms with Gasteiger partial charge in [0.1, 0.15) is 6.04 Å². The van der Waals surface area contributed by atoms with Crippen LogP contribution in [0.5, 0.6) is 0 Å². The summed E-state index contributed by atoms with van der Waals surface area (Å²) in [6.07, 6.45) is 1.91. The average molecular weight is 382 g/mol. The molecular formula is C21H26N4O3. The third-order valence-electron chi connectivity index (χ3n) is 7.26. The Balaban J connectivity index is 1.31. The fourth-order valence-electron chi connectivity index (χ4n) is 5.23. The number of piperidine rings is 1. The van der Waals surface area contributed by atoms with Crippen molar-refractivity contribution in [2.75, 3.05) is 19.6 Å². The molecule has 28 heavy (non-hydrogen) atoms. The summed E-state index contributed by atoms with van der Waals surface area (Å²) in [5.41, 5.74) is 3.24. The Morgan fingerprint density at radius 1 is 1.21 bits per heavy atom. The fraction of sp³-hybridized carbons (Fsp3) is 0.571. The van der Waals surface area contributed by atoms with Crippen LogP contribution in [0.15, 0.2) is 18.2 Å². The maximum atomic E-state index is 13.0. The number of hydrogen-bond donors (Lipinski definition) is 2. The lowest BCUT2D eigenvalue weighted by molar-refractivity contribution is -0.136. The molecule has 7 heteroatoms. The lowest BCUT2D eigenvalue weighted by Gasteiger charge is -2.44. The van der Waals surface area contributed by atoms with E-state index in [1.165, 1.54) is 6.42 Å². The summed E-state index contributed by atoms with van der Waals surface area (Å²) < 4.78 is 0. The van der Waals surface area contributed by atoms with E-state index >= 15 is 0 Å². The normalized spacial score (nSPS) is 29.2. The second kappa shape index (κ2) is 6.39. The number of fused-ring (bicyclic) bond motifs is 1. The van der Waals surface area contributed by atoms with Crippen molar-refractivity contribution < 1.29 is 14.4 Å². The van der Waals surface area contributed by atoms with Gasteiger partial charge in [-0.3, -0.25) is 24.6 Å². The zero-order valence-electron chi connectivity index (χ0n) is 16.2. The van der Waals surface area contributed by atoms with E-state index in [0.29, 0.717) is 30.0 Å². The van der Waals surface area contributed by atoms with Gasteiger partial charge in [-0.1, -0.05) is 12.1 Å². The van der Waals surface area contributed by atoms with Crippen molar-refractivity contribution in [2.24, 2.45) is 5.41 Å². The summed E-state index contributed by atoms with van der Waals surface area (Å²) >= 11 is 0. The van der Waals surface area contributed by atoms with E-state index in [0.717, 1.165) is 37.3 Å². The molecule has 0 aromatic heterocycles. The molecule has 0 saturated carbocycles. The molecule has 4 aliphatic heterocycles. The minimum Gasteiger partial charge on any atom is -0.322 e. The highest BCUT2D eigenvalue weighted by molar-refractivity contribution is 6.05. The van der Waals surface area contributed by atoms with Gasteiger partial charge < -0.3 is 10.2 Å². The van der Waals surface area contributed by atoms with Crippen molar-refractivity contribution in [3.8, 4) is 0 Å². The highest BCUT2D eigenvalue weighted by atomic mass is 16.2. The largest absolute Gasteiger partial charge is 0.322 e. The second-order valence-electron chi connectivity index (χ2n) is 8.75. The van der Waals surface area contributed by atoms with E-state index in [-0.39, 0.29) is 24.1 Å². The summed E-state index contributed by atoms with van der Waals surface area (Å²) in [5.74, 6) is -0.713. The molecule has 1 aromatic carbocycles. The van der Waals surface area contributed by atoms with Crippen molar-refractivity contribution >= 4 is 17.7 Å². The van der Waals surface area contributed by atoms with Gasteiger partial charge in [0.2, 0.25) is 11.8 Å². The molecule has 2 N–H and O–H groups in total. The third kappa shape index (κ3) is 2.68. The Hall–Kier alpha value is -2.25. The van der Waals surface area contributed by atoms with Crippen molar-refractivity contribution in [3.63, 3.8) is 0 Å². The predicted molar refractivity (Wildman–Crippen MR) is 102 cm³/mol. The average Bonchev–Trinajstić information content (AvgIpc) is 3.13. The number of nitrogens with zero attached hydrogens (tertiary/aromatic N) is 2.